The monoisotopic (exact) mass is 255 g/mol. The van der Waals surface area contributed by atoms with Gasteiger partial charge in [0.05, 0.1) is 6.04 Å². The number of ketones is 1. The summed E-state index contributed by atoms with van der Waals surface area (Å²) >= 11 is 0. The third-order valence-electron chi connectivity index (χ3n) is 3.45. The van der Waals surface area contributed by atoms with Crippen molar-refractivity contribution in [2.24, 2.45) is 0 Å². The summed E-state index contributed by atoms with van der Waals surface area (Å²) in [7, 11) is 0. The number of anilines is 1. The molecule has 0 saturated carbocycles. The van der Waals surface area contributed by atoms with Gasteiger partial charge in [-0.25, -0.2) is 4.39 Å². The van der Waals surface area contributed by atoms with Crippen LogP contribution in [0.15, 0.2) is 48.5 Å². The highest BCUT2D eigenvalue weighted by atomic mass is 19.1. The Morgan fingerprint density at radius 1 is 1.16 bits per heavy atom. The molecule has 1 N–H and O–H groups in total. The molecule has 2 aromatic carbocycles. The first-order valence-electron chi connectivity index (χ1n) is 6.34. The summed E-state index contributed by atoms with van der Waals surface area (Å²) in [6.45, 7) is 0. The van der Waals surface area contributed by atoms with Crippen LogP contribution >= 0.6 is 0 Å². The Morgan fingerprint density at radius 2 is 1.89 bits per heavy atom. The number of hydrogen-bond donors (Lipinski definition) is 1. The maximum atomic E-state index is 12.8. The van der Waals surface area contributed by atoms with Crippen molar-refractivity contribution in [3.05, 3.63) is 65.5 Å². The number of para-hydroxylation sites is 1. The molecular weight excluding hydrogens is 241 g/mol. The Labute approximate surface area is 111 Å². The number of carbonyl (C=O) groups excluding carboxylic acids is 1. The Morgan fingerprint density at radius 3 is 2.63 bits per heavy atom. The van der Waals surface area contributed by atoms with Crippen LogP contribution in [0, 0.1) is 5.82 Å². The first-order chi connectivity index (χ1) is 9.22. The van der Waals surface area contributed by atoms with E-state index in [1.165, 1.54) is 17.7 Å². The van der Waals surface area contributed by atoms with E-state index < -0.39 is 0 Å². The zero-order valence-corrected chi connectivity index (χ0v) is 10.4. The molecule has 19 heavy (non-hydrogen) atoms. The first-order valence-corrected chi connectivity index (χ1v) is 6.34. The van der Waals surface area contributed by atoms with Crippen molar-refractivity contribution in [3.8, 4) is 0 Å². The number of rotatable bonds is 3. The van der Waals surface area contributed by atoms with Crippen molar-refractivity contribution in [3.63, 3.8) is 0 Å². The van der Waals surface area contributed by atoms with Crippen molar-refractivity contribution in [1.29, 1.82) is 0 Å². The molecule has 0 aliphatic carbocycles. The van der Waals surface area contributed by atoms with Gasteiger partial charge in [0.15, 0.2) is 5.78 Å². The minimum atomic E-state index is -0.275. The predicted octanol–water partition coefficient (Wildman–Crippen LogP) is 2.97. The standard InChI is InChI=1S/C16H14FNO/c17-13-7-5-11(6-8-13)9-16(19)15-10-12-3-1-2-4-14(12)18-15/h1-8,15,18H,9-10H2. The smallest absolute Gasteiger partial charge is 0.159 e. The van der Waals surface area contributed by atoms with Crippen LogP contribution in [0.5, 0.6) is 0 Å². The second-order valence-electron chi connectivity index (χ2n) is 4.83. The third-order valence-corrected chi connectivity index (χ3v) is 3.45. The van der Waals surface area contributed by atoms with Gasteiger partial charge in [0.25, 0.3) is 0 Å². The minimum absolute atomic E-state index is 0.141. The highest BCUT2D eigenvalue weighted by molar-refractivity contribution is 5.90. The second kappa shape index (κ2) is 4.84. The van der Waals surface area contributed by atoms with Crippen LogP contribution in [0.25, 0.3) is 0 Å². The molecule has 3 rings (SSSR count). The van der Waals surface area contributed by atoms with E-state index in [9.17, 15) is 9.18 Å². The van der Waals surface area contributed by atoms with Gasteiger partial charge >= 0.3 is 0 Å². The lowest BCUT2D eigenvalue weighted by atomic mass is 10.0. The Balaban J connectivity index is 1.68. The van der Waals surface area contributed by atoms with Gasteiger partial charge in [0.1, 0.15) is 5.82 Å². The fraction of sp³-hybridized carbons (Fsp3) is 0.188. The van der Waals surface area contributed by atoms with Crippen molar-refractivity contribution >= 4 is 11.5 Å². The van der Waals surface area contributed by atoms with Gasteiger partial charge in [-0.1, -0.05) is 30.3 Å². The molecule has 0 amide bonds. The van der Waals surface area contributed by atoms with E-state index in [1.807, 2.05) is 24.3 Å². The van der Waals surface area contributed by atoms with Gasteiger partial charge in [-0.2, -0.15) is 0 Å². The number of Topliss-reactive ketones (excluding diaryl/α,β-unsaturated/α-hetero) is 1. The molecule has 0 bridgehead atoms. The van der Waals surface area contributed by atoms with Gasteiger partial charge in [-0.15, -0.1) is 0 Å². The maximum absolute atomic E-state index is 12.8. The van der Waals surface area contributed by atoms with Gasteiger partial charge in [-0.3, -0.25) is 4.79 Å². The van der Waals surface area contributed by atoms with Crippen LogP contribution in [0.1, 0.15) is 11.1 Å². The van der Waals surface area contributed by atoms with Gasteiger partial charge < -0.3 is 5.32 Å². The number of benzene rings is 2. The summed E-state index contributed by atoms with van der Waals surface area (Å²) in [4.78, 5) is 12.2. The summed E-state index contributed by atoms with van der Waals surface area (Å²) in [6.07, 6.45) is 1.07. The summed E-state index contributed by atoms with van der Waals surface area (Å²) in [5.41, 5.74) is 3.07. The van der Waals surface area contributed by atoms with Crippen LogP contribution in [-0.2, 0) is 17.6 Å². The molecular formula is C16H14FNO. The summed E-state index contributed by atoms with van der Waals surface area (Å²) < 4.78 is 12.8. The Hall–Kier alpha value is -2.16. The molecule has 1 heterocycles. The molecule has 96 valence electrons. The van der Waals surface area contributed by atoms with Crippen LogP contribution < -0.4 is 5.32 Å². The van der Waals surface area contributed by atoms with E-state index in [4.69, 9.17) is 0 Å². The molecule has 1 unspecified atom stereocenters. The minimum Gasteiger partial charge on any atom is -0.375 e. The van der Waals surface area contributed by atoms with Gasteiger partial charge in [-0.05, 0) is 29.3 Å². The topological polar surface area (TPSA) is 29.1 Å². The van der Waals surface area contributed by atoms with E-state index in [0.717, 1.165) is 17.7 Å². The van der Waals surface area contributed by atoms with E-state index in [1.54, 1.807) is 12.1 Å². The largest absolute Gasteiger partial charge is 0.375 e. The molecule has 2 aromatic rings. The summed E-state index contributed by atoms with van der Waals surface area (Å²) in [6, 6.07) is 13.9. The molecule has 1 atom stereocenters. The van der Waals surface area contributed by atoms with E-state index in [0.29, 0.717) is 6.42 Å². The Kier molecular flexibility index (Phi) is 3.03. The van der Waals surface area contributed by atoms with Crippen molar-refractivity contribution < 1.29 is 9.18 Å². The Bertz CT molecular complexity index is 581. The predicted molar refractivity (Wildman–Crippen MR) is 72.7 cm³/mol. The first kappa shape index (κ1) is 11.9. The van der Waals surface area contributed by atoms with Crippen molar-refractivity contribution in [1.82, 2.24) is 0 Å². The highest BCUT2D eigenvalue weighted by Gasteiger charge is 2.25. The fourth-order valence-corrected chi connectivity index (χ4v) is 2.42. The maximum Gasteiger partial charge on any atom is 0.159 e. The SMILES string of the molecule is O=C(Cc1ccc(F)cc1)C1Cc2ccccc2N1. The molecule has 2 nitrogen and oxygen atoms in total. The van der Waals surface area contributed by atoms with Gasteiger partial charge in [0.2, 0.25) is 0 Å². The van der Waals surface area contributed by atoms with Crippen molar-refractivity contribution in [2.45, 2.75) is 18.9 Å². The highest BCUT2D eigenvalue weighted by Crippen LogP contribution is 2.26. The molecule has 0 aromatic heterocycles. The lowest BCUT2D eigenvalue weighted by Crippen LogP contribution is -2.28. The number of nitrogens with one attached hydrogen (secondary N) is 1. The zero-order valence-electron chi connectivity index (χ0n) is 10.4. The van der Waals surface area contributed by atoms with E-state index in [2.05, 4.69) is 5.32 Å². The third kappa shape index (κ3) is 2.50. The molecule has 3 heteroatoms. The van der Waals surface area contributed by atoms with Crippen LogP contribution in [0.3, 0.4) is 0 Å². The average Bonchev–Trinajstić information content (AvgIpc) is 2.85. The fourth-order valence-electron chi connectivity index (χ4n) is 2.42. The van der Waals surface area contributed by atoms with Crippen LogP contribution in [0.4, 0.5) is 10.1 Å². The van der Waals surface area contributed by atoms with Crippen LogP contribution in [0.2, 0.25) is 0 Å². The summed E-state index contributed by atoms with van der Waals surface area (Å²) in [5.74, 6) is -0.134. The molecule has 0 spiro atoms. The molecule has 1 aliphatic rings. The second-order valence-corrected chi connectivity index (χ2v) is 4.83. The molecule has 0 radical (unpaired) electrons. The van der Waals surface area contributed by atoms with E-state index in [-0.39, 0.29) is 17.6 Å². The molecule has 1 aliphatic heterocycles. The zero-order chi connectivity index (χ0) is 13.2. The van der Waals surface area contributed by atoms with Crippen molar-refractivity contribution in [2.75, 3.05) is 5.32 Å². The van der Waals surface area contributed by atoms with Crippen LogP contribution in [-0.4, -0.2) is 11.8 Å². The normalized spacial score (nSPS) is 16.8. The van der Waals surface area contributed by atoms with E-state index >= 15 is 0 Å². The molecule has 0 fully saturated rings. The lowest BCUT2D eigenvalue weighted by molar-refractivity contribution is -0.119. The number of halogens is 1. The molecule has 0 saturated heterocycles. The quantitative estimate of drug-likeness (QED) is 0.913. The number of hydrogen-bond acceptors (Lipinski definition) is 2. The van der Waals surface area contributed by atoms with Gasteiger partial charge in [0, 0.05) is 18.5 Å². The number of carbonyl (C=O) groups is 1. The number of fused-ring (bicyclic) bond motifs is 1. The lowest BCUT2D eigenvalue weighted by Gasteiger charge is -2.10. The summed E-state index contributed by atoms with van der Waals surface area (Å²) in [5, 5.41) is 3.24. The average molecular weight is 255 g/mol.